The van der Waals surface area contributed by atoms with Gasteiger partial charge >= 0.3 is 0 Å². The summed E-state index contributed by atoms with van der Waals surface area (Å²) in [5.74, 6) is 0.232. The van der Waals surface area contributed by atoms with Crippen molar-refractivity contribution >= 4 is 40.1 Å². The molecule has 21 heavy (non-hydrogen) atoms. The molecule has 3 aromatic rings. The highest BCUT2D eigenvalue weighted by atomic mass is 32.2. The van der Waals surface area contributed by atoms with Gasteiger partial charge in [0.1, 0.15) is 0 Å². The van der Waals surface area contributed by atoms with Crippen LogP contribution in [0.4, 0.5) is 11.4 Å². The summed E-state index contributed by atoms with van der Waals surface area (Å²) in [6.45, 7) is 0. The number of nitrogens with two attached hydrogens (primary N) is 1. The van der Waals surface area contributed by atoms with Crippen molar-refractivity contribution in [3.63, 3.8) is 0 Å². The molecule has 0 unspecified atom stereocenters. The Labute approximate surface area is 126 Å². The molecule has 1 heterocycles. The molecule has 1 aromatic heterocycles. The number of carbonyl (C=O) groups is 1. The highest BCUT2D eigenvalue weighted by Crippen LogP contribution is 2.21. The van der Waals surface area contributed by atoms with Gasteiger partial charge in [-0.05, 0) is 30.3 Å². The van der Waals surface area contributed by atoms with Crippen molar-refractivity contribution in [1.29, 1.82) is 0 Å². The van der Waals surface area contributed by atoms with Crippen LogP contribution < -0.4 is 11.1 Å². The molecule has 3 rings (SSSR count). The number of fused-ring (bicyclic) bond motifs is 1. The number of carbonyl (C=O) groups excluding carboxylic acids is 1. The van der Waals surface area contributed by atoms with Gasteiger partial charge in [0, 0.05) is 11.4 Å². The number of para-hydroxylation sites is 1. The summed E-state index contributed by atoms with van der Waals surface area (Å²) < 4.78 is 0. The predicted octanol–water partition coefficient (Wildman–Crippen LogP) is 2.88. The van der Waals surface area contributed by atoms with E-state index in [1.165, 1.54) is 11.8 Å². The maximum atomic E-state index is 11.9. The summed E-state index contributed by atoms with van der Waals surface area (Å²) >= 11 is 1.36. The van der Waals surface area contributed by atoms with Gasteiger partial charge in [-0.25, -0.2) is 4.98 Å². The number of nitrogen functional groups attached to an aromatic ring is 1. The first-order chi connectivity index (χ1) is 10.2. The molecule has 2 aromatic carbocycles. The summed E-state index contributed by atoms with van der Waals surface area (Å²) in [5.41, 5.74) is 8.92. The van der Waals surface area contributed by atoms with E-state index in [9.17, 15) is 4.79 Å². The quantitative estimate of drug-likeness (QED) is 0.511. The Morgan fingerprint density at radius 3 is 2.86 bits per heavy atom. The van der Waals surface area contributed by atoms with Gasteiger partial charge in [-0.1, -0.05) is 30.0 Å². The van der Waals surface area contributed by atoms with Gasteiger partial charge in [0.2, 0.25) is 5.91 Å². The molecule has 0 saturated carbocycles. The molecule has 106 valence electrons. The van der Waals surface area contributed by atoms with Gasteiger partial charge in [0.25, 0.3) is 0 Å². The van der Waals surface area contributed by atoms with Crippen LogP contribution in [0.25, 0.3) is 11.0 Å². The minimum atomic E-state index is -0.0637. The second kappa shape index (κ2) is 5.88. The van der Waals surface area contributed by atoms with Crippen molar-refractivity contribution in [3.8, 4) is 0 Å². The number of aromatic amines is 1. The zero-order valence-electron chi connectivity index (χ0n) is 11.2. The van der Waals surface area contributed by atoms with Crippen LogP contribution in [0.3, 0.4) is 0 Å². The Morgan fingerprint density at radius 1 is 1.24 bits per heavy atom. The van der Waals surface area contributed by atoms with Crippen LogP contribution in [0.1, 0.15) is 0 Å². The van der Waals surface area contributed by atoms with E-state index < -0.39 is 0 Å². The number of nitrogens with zero attached hydrogens (tertiary/aromatic N) is 1. The topological polar surface area (TPSA) is 83.8 Å². The van der Waals surface area contributed by atoms with Crippen molar-refractivity contribution < 1.29 is 4.79 Å². The molecule has 4 N–H and O–H groups in total. The zero-order valence-corrected chi connectivity index (χ0v) is 12.0. The molecule has 0 fully saturated rings. The van der Waals surface area contributed by atoms with Crippen LogP contribution in [-0.4, -0.2) is 21.6 Å². The Morgan fingerprint density at radius 2 is 2.05 bits per heavy atom. The summed E-state index contributed by atoms with van der Waals surface area (Å²) in [4.78, 5) is 19.4. The molecule has 0 aliphatic rings. The van der Waals surface area contributed by atoms with Crippen molar-refractivity contribution in [3.05, 3.63) is 48.5 Å². The standard InChI is InChI=1S/C15H14N4OS/c16-10-6-7-12-13(8-10)19-15(18-12)21-9-14(20)17-11-4-2-1-3-5-11/h1-8H,9,16H2,(H,17,20)(H,18,19). The first kappa shape index (κ1) is 13.5. The molecular weight excluding hydrogens is 284 g/mol. The van der Waals surface area contributed by atoms with Crippen LogP contribution in [0.2, 0.25) is 0 Å². The molecule has 0 aliphatic carbocycles. The SMILES string of the molecule is Nc1ccc2nc(SCC(=O)Nc3ccccc3)[nH]c2c1. The lowest BCUT2D eigenvalue weighted by Gasteiger charge is -2.03. The van der Waals surface area contributed by atoms with Crippen LogP contribution in [-0.2, 0) is 4.79 Å². The average Bonchev–Trinajstić information content (AvgIpc) is 2.88. The minimum absolute atomic E-state index is 0.0637. The Hall–Kier alpha value is -2.47. The largest absolute Gasteiger partial charge is 0.399 e. The number of nitrogens with one attached hydrogen (secondary N) is 2. The van der Waals surface area contributed by atoms with E-state index in [0.29, 0.717) is 16.6 Å². The van der Waals surface area contributed by atoms with Crippen LogP contribution in [0.15, 0.2) is 53.7 Å². The second-order valence-corrected chi connectivity index (χ2v) is 5.49. The molecule has 0 aliphatic heterocycles. The molecule has 0 atom stereocenters. The molecule has 0 spiro atoms. The number of hydrogen-bond acceptors (Lipinski definition) is 4. The first-order valence-electron chi connectivity index (χ1n) is 6.44. The lowest BCUT2D eigenvalue weighted by Crippen LogP contribution is -2.13. The van der Waals surface area contributed by atoms with E-state index >= 15 is 0 Å². The van der Waals surface area contributed by atoms with Gasteiger partial charge < -0.3 is 16.0 Å². The number of imidazole rings is 1. The molecule has 5 nitrogen and oxygen atoms in total. The number of benzene rings is 2. The smallest absolute Gasteiger partial charge is 0.234 e. The maximum absolute atomic E-state index is 11.9. The normalized spacial score (nSPS) is 10.7. The summed E-state index contributed by atoms with van der Waals surface area (Å²) in [7, 11) is 0. The second-order valence-electron chi connectivity index (χ2n) is 4.52. The van der Waals surface area contributed by atoms with E-state index in [0.717, 1.165) is 16.7 Å². The number of aromatic nitrogens is 2. The zero-order chi connectivity index (χ0) is 14.7. The van der Waals surface area contributed by atoms with Crippen molar-refractivity contribution in [2.45, 2.75) is 5.16 Å². The third-order valence-electron chi connectivity index (χ3n) is 2.88. The molecule has 1 amide bonds. The van der Waals surface area contributed by atoms with E-state index in [1.54, 1.807) is 6.07 Å². The maximum Gasteiger partial charge on any atom is 0.234 e. The minimum Gasteiger partial charge on any atom is -0.399 e. The van der Waals surface area contributed by atoms with Crippen molar-refractivity contribution in [2.24, 2.45) is 0 Å². The lowest BCUT2D eigenvalue weighted by atomic mass is 10.3. The summed E-state index contributed by atoms with van der Waals surface area (Å²) in [6, 6.07) is 14.9. The van der Waals surface area contributed by atoms with Gasteiger partial charge in [0.05, 0.1) is 16.8 Å². The van der Waals surface area contributed by atoms with E-state index in [1.807, 2.05) is 42.5 Å². The number of hydrogen-bond donors (Lipinski definition) is 3. The van der Waals surface area contributed by atoms with E-state index in [-0.39, 0.29) is 5.91 Å². The molecule has 0 bridgehead atoms. The Kier molecular flexibility index (Phi) is 3.79. The fourth-order valence-corrected chi connectivity index (χ4v) is 2.61. The number of rotatable bonds is 4. The van der Waals surface area contributed by atoms with Gasteiger partial charge in [-0.2, -0.15) is 0 Å². The van der Waals surface area contributed by atoms with Crippen LogP contribution >= 0.6 is 11.8 Å². The highest BCUT2D eigenvalue weighted by Gasteiger charge is 2.07. The van der Waals surface area contributed by atoms with Gasteiger partial charge in [0.15, 0.2) is 5.16 Å². The monoisotopic (exact) mass is 298 g/mol. The highest BCUT2D eigenvalue weighted by molar-refractivity contribution is 7.99. The van der Waals surface area contributed by atoms with Crippen LogP contribution in [0, 0.1) is 0 Å². The van der Waals surface area contributed by atoms with Gasteiger partial charge in [-0.15, -0.1) is 0 Å². The predicted molar refractivity (Wildman–Crippen MR) is 86.3 cm³/mol. The van der Waals surface area contributed by atoms with E-state index in [4.69, 9.17) is 5.73 Å². The third-order valence-corrected chi connectivity index (χ3v) is 3.76. The average molecular weight is 298 g/mol. The van der Waals surface area contributed by atoms with Crippen LogP contribution in [0.5, 0.6) is 0 Å². The summed E-state index contributed by atoms with van der Waals surface area (Å²) in [5, 5.41) is 3.54. The molecule has 0 radical (unpaired) electrons. The van der Waals surface area contributed by atoms with Crippen molar-refractivity contribution in [1.82, 2.24) is 9.97 Å². The number of thioether (sulfide) groups is 1. The fraction of sp³-hybridized carbons (Fsp3) is 0.0667. The molecule has 6 heteroatoms. The number of amides is 1. The number of H-pyrrole nitrogens is 1. The van der Waals surface area contributed by atoms with Crippen molar-refractivity contribution in [2.75, 3.05) is 16.8 Å². The first-order valence-corrected chi connectivity index (χ1v) is 7.42. The van der Waals surface area contributed by atoms with Gasteiger partial charge in [-0.3, -0.25) is 4.79 Å². The number of anilines is 2. The summed E-state index contributed by atoms with van der Waals surface area (Å²) in [6.07, 6.45) is 0. The van der Waals surface area contributed by atoms with E-state index in [2.05, 4.69) is 15.3 Å². The fourth-order valence-electron chi connectivity index (χ4n) is 1.92. The Balaban J connectivity index is 1.62. The Bertz CT molecular complexity index is 770. The molecule has 0 saturated heterocycles. The third kappa shape index (κ3) is 3.35. The molecular formula is C15H14N4OS. The lowest BCUT2D eigenvalue weighted by molar-refractivity contribution is -0.113.